The highest BCUT2D eigenvalue weighted by molar-refractivity contribution is 4.43. The molecule has 0 heterocycles. The van der Waals surface area contributed by atoms with Crippen LogP contribution in [0.5, 0.6) is 0 Å². The Labute approximate surface area is 101 Å². The standard InChI is InChI=1S/C7H17N.C6H14O2/c1-2-3-4-5-6-7-8;1-4-5(2)8-6(3)7/h2-8H2,1H3;5-7H,4H2,1-3H3. The van der Waals surface area contributed by atoms with E-state index in [-0.39, 0.29) is 6.10 Å². The van der Waals surface area contributed by atoms with Crippen molar-refractivity contribution >= 4 is 0 Å². The third-order valence-corrected chi connectivity index (χ3v) is 2.31. The van der Waals surface area contributed by atoms with E-state index in [1.165, 1.54) is 32.1 Å². The van der Waals surface area contributed by atoms with Gasteiger partial charge < -0.3 is 15.6 Å². The summed E-state index contributed by atoms with van der Waals surface area (Å²) in [5, 5.41) is 8.63. The van der Waals surface area contributed by atoms with Crippen molar-refractivity contribution in [3.8, 4) is 0 Å². The predicted octanol–water partition coefficient (Wildman–Crippen LogP) is 3.06. The molecule has 2 atom stereocenters. The molecule has 0 aromatic carbocycles. The van der Waals surface area contributed by atoms with E-state index in [9.17, 15) is 0 Å². The molecule has 2 unspecified atom stereocenters. The maximum absolute atomic E-state index is 8.63. The van der Waals surface area contributed by atoms with E-state index in [2.05, 4.69) is 6.92 Å². The van der Waals surface area contributed by atoms with Crippen molar-refractivity contribution < 1.29 is 9.84 Å². The molecular weight excluding hydrogens is 202 g/mol. The zero-order chi connectivity index (χ0) is 12.8. The van der Waals surface area contributed by atoms with Crippen LogP contribution >= 0.6 is 0 Å². The van der Waals surface area contributed by atoms with Gasteiger partial charge in [0.05, 0.1) is 6.10 Å². The molecule has 0 spiro atoms. The van der Waals surface area contributed by atoms with Crippen LogP contribution in [0.1, 0.15) is 66.2 Å². The Hall–Kier alpha value is -0.120. The minimum atomic E-state index is -0.620. The number of unbranched alkanes of at least 4 members (excludes halogenated alkanes) is 4. The lowest BCUT2D eigenvalue weighted by Crippen LogP contribution is -2.14. The maximum atomic E-state index is 8.63. The van der Waals surface area contributed by atoms with E-state index < -0.39 is 6.29 Å². The second-order valence-corrected chi connectivity index (χ2v) is 4.16. The lowest BCUT2D eigenvalue weighted by Gasteiger charge is -2.11. The minimum absolute atomic E-state index is 0.176. The van der Waals surface area contributed by atoms with Crippen LogP contribution in [0.3, 0.4) is 0 Å². The molecule has 0 saturated carbocycles. The predicted molar refractivity (Wildman–Crippen MR) is 70.3 cm³/mol. The fourth-order valence-electron chi connectivity index (χ4n) is 1.18. The SMILES string of the molecule is CCC(C)OC(C)O.CCCCCCCN. The average molecular weight is 233 g/mol. The Balaban J connectivity index is 0. The monoisotopic (exact) mass is 233 g/mol. The summed E-state index contributed by atoms with van der Waals surface area (Å²) in [5.41, 5.74) is 5.31. The van der Waals surface area contributed by atoms with Gasteiger partial charge in [0.25, 0.3) is 0 Å². The number of ether oxygens (including phenoxy) is 1. The molecule has 0 aromatic rings. The molecule has 0 aliphatic heterocycles. The number of rotatable bonds is 8. The topological polar surface area (TPSA) is 55.5 Å². The molecule has 0 radical (unpaired) electrons. The highest BCUT2D eigenvalue weighted by atomic mass is 16.6. The van der Waals surface area contributed by atoms with Crippen molar-refractivity contribution in [2.24, 2.45) is 5.73 Å². The summed E-state index contributed by atoms with van der Waals surface area (Å²) in [4.78, 5) is 0. The Morgan fingerprint density at radius 1 is 1.06 bits per heavy atom. The summed E-state index contributed by atoms with van der Waals surface area (Å²) in [6, 6.07) is 0. The smallest absolute Gasteiger partial charge is 0.152 e. The largest absolute Gasteiger partial charge is 0.368 e. The molecule has 16 heavy (non-hydrogen) atoms. The first-order valence-corrected chi connectivity index (χ1v) is 6.62. The van der Waals surface area contributed by atoms with Gasteiger partial charge in [-0.25, -0.2) is 0 Å². The molecule has 3 N–H and O–H groups in total. The van der Waals surface area contributed by atoms with Gasteiger partial charge in [0, 0.05) is 0 Å². The lowest BCUT2D eigenvalue weighted by atomic mass is 10.2. The minimum Gasteiger partial charge on any atom is -0.368 e. The Morgan fingerprint density at radius 3 is 1.94 bits per heavy atom. The molecular formula is C13H31NO2. The Kier molecular flexibility index (Phi) is 17.0. The van der Waals surface area contributed by atoms with Crippen molar-refractivity contribution in [2.45, 2.75) is 78.6 Å². The van der Waals surface area contributed by atoms with Gasteiger partial charge in [0.15, 0.2) is 6.29 Å². The molecule has 0 bridgehead atoms. The van der Waals surface area contributed by atoms with E-state index in [1.807, 2.05) is 13.8 Å². The maximum Gasteiger partial charge on any atom is 0.152 e. The summed E-state index contributed by atoms with van der Waals surface area (Å²) in [5.74, 6) is 0. The van der Waals surface area contributed by atoms with Crippen LogP contribution in [0.4, 0.5) is 0 Å². The zero-order valence-corrected chi connectivity index (χ0v) is 11.5. The van der Waals surface area contributed by atoms with Gasteiger partial charge in [0.1, 0.15) is 0 Å². The van der Waals surface area contributed by atoms with Crippen LogP contribution in [0, 0.1) is 0 Å². The van der Waals surface area contributed by atoms with Crippen molar-refractivity contribution in [1.82, 2.24) is 0 Å². The fourth-order valence-corrected chi connectivity index (χ4v) is 1.18. The van der Waals surface area contributed by atoms with Gasteiger partial charge in [-0.3, -0.25) is 0 Å². The van der Waals surface area contributed by atoms with Gasteiger partial charge >= 0.3 is 0 Å². The van der Waals surface area contributed by atoms with Crippen molar-refractivity contribution in [3.05, 3.63) is 0 Å². The van der Waals surface area contributed by atoms with Gasteiger partial charge in [-0.2, -0.15) is 0 Å². The van der Waals surface area contributed by atoms with E-state index in [1.54, 1.807) is 6.92 Å². The summed E-state index contributed by atoms with van der Waals surface area (Å²) in [6.45, 7) is 8.66. The second kappa shape index (κ2) is 14.9. The average Bonchev–Trinajstić information content (AvgIpc) is 2.24. The normalized spacial score (nSPS) is 13.9. The summed E-state index contributed by atoms with van der Waals surface area (Å²) in [6.07, 6.45) is 7.10. The molecule has 0 aliphatic rings. The van der Waals surface area contributed by atoms with E-state index >= 15 is 0 Å². The van der Waals surface area contributed by atoms with E-state index in [4.69, 9.17) is 15.6 Å². The van der Waals surface area contributed by atoms with Gasteiger partial charge in [-0.05, 0) is 33.2 Å². The number of hydrogen-bond donors (Lipinski definition) is 2. The van der Waals surface area contributed by atoms with Crippen LogP contribution in [-0.2, 0) is 4.74 Å². The number of nitrogens with two attached hydrogens (primary N) is 1. The van der Waals surface area contributed by atoms with E-state index in [0.29, 0.717) is 0 Å². The molecule has 0 rings (SSSR count). The molecule has 0 saturated heterocycles. The van der Waals surface area contributed by atoms with Gasteiger partial charge in [-0.15, -0.1) is 0 Å². The molecule has 3 nitrogen and oxygen atoms in total. The second-order valence-electron chi connectivity index (χ2n) is 4.16. The third-order valence-electron chi connectivity index (χ3n) is 2.31. The fraction of sp³-hybridized carbons (Fsp3) is 1.00. The number of aliphatic hydroxyl groups is 1. The van der Waals surface area contributed by atoms with Crippen LogP contribution in [0.2, 0.25) is 0 Å². The quantitative estimate of drug-likeness (QED) is 0.500. The van der Waals surface area contributed by atoms with Crippen LogP contribution in [0.25, 0.3) is 0 Å². The zero-order valence-electron chi connectivity index (χ0n) is 11.5. The van der Waals surface area contributed by atoms with Crippen LogP contribution < -0.4 is 5.73 Å². The lowest BCUT2D eigenvalue weighted by molar-refractivity contribution is -0.118. The molecule has 0 aliphatic carbocycles. The molecule has 100 valence electrons. The highest BCUT2D eigenvalue weighted by Crippen LogP contribution is 2.00. The van der Waals surface area contributed by atoms with Crippen molar-refractivity contribution in [2.75, 3.05) is 6.54 Å². The third kappa shape index (κ3) is 19.5. The summed E-state index contributed by atoms with van der Waals surface area (Å²) >= 11 is 0. The van der Waals surface area contributed by atoms with Gasteiger partial charge in [0.2, 0.25) is 0 Å². The van der Waals surface area contributed by atoms with Crippen molar-refractivity contribution in [3.63, 3.8) is 0 Å². The van der Waals surface area contributed by atoms with Crippen LogP contribution in [0.15, 0.2) is 0 Å². The first kappa shape index (κ1) is 18.3. The first-order valence-electron chi connectivity index (χ1n) is 6.62. The molecule has 0 fully saturated rings. The summed E-state index contributed by atoms with van der Waals surface area (Å²) < 4.78 is 4.95. The molecule has 0 aromatic heterocycles. The van der Waals surface area contributed by atoms with Crippen molar-refractivity contribution in [1.29, 1.82) is 0 Å². The molecule has 3 heteroatoms. The number of aliphatic hydroxyl groups excluding tert-OH is 1. The Morgan fingerprint density at radius 2 is 1.62 bits per heavy atom. The molecule has 0 amide bonds. The Bertz CT molecular complexity index is 113. The van der Waals surface area contributed by atoms with Gasteiger partial charge in [-0.1, -0.05) is 39.5 Å². The van der Waals surface area contributed by atoms with Crippen LogP contribution in [-0.4, -0.2) is 24.0 Å². The number of hydrogen-bond acceptors (Lipinski definition) is 3. The van der Waals surface area contributed by atoms with E-state index in [0.717, 1.165) is 13.0 Å². The summed E-state index contributed by atoms with van der Waals surface area (Å²) in [7, 11) is 0. The highest BCUT2D eigenvalue weighted by Gasteiger charge is 2.00. The first-order chi connectivity index (χ1) is 7.58.